The van der Waals surface area contributed by atoms with Crippen molar-refractivity contribution in [1.29, 1.82) is 0 Å². The molecule has 0 aliphatic carbocycles. The molecule has 2 heterocycles. The molecule has 1 saturated heterocycles. The van der Waals surface area contributed by atoms with Gasteiger partial charge >= 0.3 is 0 Å². The molecule has 0 N–H and O–H groups in total. The molecule has 0 radical (unpaired) electrons. The molecule has 1 fully saturated rings. The molecule has 2 aliphatic heterocycles. The Labute approximate surface area is 179 Å². The molecule has 0 aromatic heterocycles. The van der Waals surface area contributed by atoms with Crippen LogP contribution in [0, 0.1) is 0 Å². The topological polar surface area (TPSA) is 40.5 Å². The molecule has 1 aromatic rings. The van der Waals surface area contributed by atoms with Crippen LogP contribution in [0.2, 0.25) is 0 Å². The molecule has 1 aromatic carbocycles. The van der Waals surface area contributed by atoms with Crippen LogP contribution in [0.1, 0.15) is 32.3 Å². The minimum Gasteiger partial charge on any atom is -0.497 e. The van der Waals surface area contributed by atoms with E-state index in [4.69, 9.17) is 9.47 Å². The van der Waals surface area contributed by atoms with Crippen LogP contribution in [0.4, 0.5) is 4.39 Å². The van der Waals surface area contributed by atoms with Gasteiger partial charge in [0, 0.05) is 25.2 Å². The summed E-state index contributed by atoms with van der Waals surface area (Å²) in [6.45, 7) is 13.2. The number of alkyl halides is 1. The Morgan fingerprint density at radius 2 is 2.07 bits per heavy atom. The van der Waals surface area contributed by atoms with Crippen LogP contribution in [0.3, 0.4) is 0 Å². The summed E-state index contributed by atoms with van der Waals surface area (Å²) < 4.78 is 26.2. The predicted octanol–water partition coefficient (Wildman–Crippen LogP) is 3.97. The number of hydrogen-bond acceptors (Lipinski definition) is 6. The first-order chi connectivity index (χ1) is 14.3. The predicted molar refractivity (Wildman–Crippen MR) is 118 cm³/mol. The van der Waals surface area contributed by atoms with E-state index in [2.05, 4.69) is 30.1 Å². The van der Waals surface area contributed by atoms with Crippen LogP contribution in [0.5, 0.6) is 5.75 Å². The van der Waals surface area contributed by atoms with E-state index in [9.17, 15) is 4.39 Å². The summed E-state index contributed by atoms with van der Waals surface area (Å²) in [5, 5.41) is 6.00. The van der Waals surface area contributed by atoms with Gasteiger partial charge in [0.15, 0.2) is 0 Å². The summed E-state index contributed by atoms with van der Waals surface area (Å²) in [5.41, 5.74) is 2.00. The molecule has 2 unspecified atom stereocenters. The first-order valence-corrected chi connectivity index (χ1v) is 10.4. The lowest BCUT2D eigenvalue weighted by Gasteiger charge is -2.41. The van der Waals surface area contributed by atoms with Gasteiger partial charge < -0.3 is 19.3 Å². The number of halogens is 1. The van der Waals surface area contributed by atoms with E-state index in [1.165, 1.54) is 0 Å². The maximum atomic E-state index is 14.9. The fourth-order valence-electron chi connectivity index (χ4n) is 3.96. The first kappa shape index (κ1) is 22.2. The van der Waals surface area contributed by atoms with E-state index in [1.54, 1.807) is 12.1 Å². The third-order valence-corrected chi connectivity index (χ3v) is 5.83. The minimum absolute atomic E-state index is 0.0762. The summed E-state index contributed by atoms with van der Waals surface area (Å²) in [6.07, 6.45) is 0.564. The Morgan fingerprint density at radius 3 is 2.70 bits per heavy atom. The maximum absolute atomic E-state index is 14.9. The van der Waals surface area contributed by atoms with Gasteiger partial charge in [0.25, 0.3) is 0 Å². The minimum atomic E-state index is -1.06. The van der Waals surface area contributed by atoms with E-state index < -0.39 is 6.17 Å². The van der Waals surface area contributed by atoms with E-state index >= 15 is 0 Å². The second kappa shape index (κ2) is 9.51. The number of hydrogen-bond donors (Lipinski definition) is 0. The summed E-state index contributed by atoms with van der Waals surface area (Å²) in [5.74, 6) is 2.34. The Bertz CT molecular complexity index is 812. The van der Waals surface area contributed by atoms with Crippen molar-refractivity contribution in [3.05, 3.63) is 54.5 Å². The summed E-state index contributed by atoms with van der Waals surface area (Å²) in [6, 6.07) is 8.05. The number of methoxy groups -OCH3 is 1. The van der Waals surface area contributed by atoms with E-state index in [0.29, 0.717) is 25.4 Å². The molecule has 3 rings (SSSR count). The molecule has 164 valence electrons. The molecule has 0 saturated carbocycles. The van der Waals surface area contributed by atoms with E-state index in [1.807, 2.05) is 43.1 Å². The van der Waals surface area contributed by atoms with Crippen molar-refractivity contribution in [2.24, 2.45) is 5.10 Å². The first-order valence-electron chi connectivity index (χ1n) is 10.4. The molecular weight excluding hydrogens is 383 g/mol. The smallest absolute Gasteiger partial charge is 0.137 e. The van der Waals surface area contributed by atoms with Gasteiger partial charge in [0.05, 0.1) is 32.9 Å². The molecule has 0 amide bonds. The number of amidine groups is 1. The van der Waals surface area contributed by atoms with Crippen molar-refractivity contribution in [2.45, 2.75) is 51.6 Å². The zero-order valence-corrected chi connectivity index (χ0v) is 18.5. The van der Waals surface area contributed by atoms with Crippen LogP contribution < -0.4 is 4.74 Å². The summed E-state index contributed by atoms with van der Waals surface area (Å²) in [7, 11) is 3.54. The lowest BCUT2D eigenvalue weighted by Crippen LogP contribution is -2.45. The van der Waals surface area contributed by atoms with Crippen LogP contribution in [-0.2, 0) is 11.3 Å². The molecular formula is C23H33FN4O2. The molecule has 30 heavy (non-hydrogen) atoms. The summed E-state index contributed by atoms with van der Waals surface area (Å²) in [4.78, 5) is 3.93. The lowest BCUT2D eigenvalue weighted by atomic mass is 9.97. The van der Waals surface area contributed by atoms with E-state index in [-0.39, 0.29) is 18.7 Å². The Balaban J connectivity index is 1.49. The molecule has 6 nitrogen and oxygen atoms in total. The number of piperidine rings is 1. The maximum Gasteiger partial charge on any atom is 0.137 e. The highest BCUT2D eigenvalue weighted by molar-refractivity contribution is 5.82. The number of rotatable bonds is 8. The Kier molecular flexibility index (Phi) is 7.02. The van der Waals surface area contributed by atoms with Gasteiger partial charge in [-0.3, -0.25) is 0 Å². The zero-order chi connectivity index (χ0) is 21.8. The normalized spacial score (nSPS) is 23.1. The lowest BCUT2D eigenvalue weighted by molar-refractivity contribution is -0.00783. The monoisotopic (exact) mass is 416 g/mol. The van der Waals surface area contributed by atoms with Crippen LogP contribution in [0.15, 0.2) is 54.0 Å². The molecule has 0 bridgehead atoms. The van der Waals surface area contributed by atoms with Crippen molar-refractivity contribution in [1.82, 2.24) is 14.8 Å². The number of likely N-dealkylation sites (tertiary alicyclic amines) is 1. The highest BCUT2D eigenvalue weighted by Crippen LogP contribution is 2.29. The van der Waals surface area contributed by atoms with Gasteiger partial charge in [-0.25, -0.2) is 9.40 Å². The fraction of sp³-hybridized carbons (Fsp3) is 0.522. The average molecular weight is 417 g/mol. The van der Waals surface area contributed by atoms with Crippen LogP contribution >= 0.6 is 0 Å². The van der Waals surface area contributed by atoms with Gasteiger partial charge in [0.2, 0.25) is 0 Å². The second-order valence-electron chi connectivity index (χ2n) is 8.09. The number of hydrazone groups is 1. The van der Waals surface area contributed by atoms with Crippen LogP contribution in [-0.4, -0.2) is 66.2 Å². The number of ether oxygens (including phenoxy) is 2. The zero-order valence-electron chi connectivity index (χ0n) is 18.5. The quantitative estimate of drug-likeness (QED) is 0.641. The number of benzene rings is 1. The largest absolute Gasteiger partial charge is 0.497 e. The number of nitrogens with zero attached hydrogens (tertiary/aromatic N) is 4. The average Bonchev–Trinajstić information content (AvgIpc) is 2.96. The third-order valence-electron chi connectivity index (χ3n) is 5.83. The van der Waals surface area contributed by atoms with Crippen molar-refractivity contribution >= 4 is 5.84 Å². The van der Waals surface area contributed by atoms with Crippen LogP contribution in [0.25, 0.3) is 0 Å². The SMILES string of the molecule is C=C1N(C[C@H](F)CN2C(=C)CC(OCc3cccc(OC)c3)CC2C)N=C(C)N1C. The Morgan fingerprint density at radius 1 is 1.30 bits per heavy atom. The van der Waals surface area contributed by atoms with Gasteiger partial charge in [-0.1, -0.05) is 25.3 Å². The summed E-state index contributed by atoms with van der Waals surface area (Å²) >= 11 is 0. The van der Waals surface area contributed by atoms with Crippen molar-refractivity contribution < 1.29 is 13.9 Å². The van der Waals surface area contributed by atoms with E-state index in [0.717, 1.165) is 29.3 Å². The van der Waals surface area contributed by atoms with Gasteiger partial charge in [-0.15, -0.1) is 0 Å². The Hall–Kier alpha value is -2.54. The van der Waals surface area contributed by atoms with Gasteiger partial charge in [0.1, 0.15) is 23.6 Å². The molecule has 3 atom stereocenters. The highest BCUT2D eigenvalue weighted by atomic mass is 19.1. The van der Waals surface area contributed by atoms with Crippen molar-refractivity contribution in [3.63, 3.8) is 0 Å². The standard InChI is InChI=1S/C23H33FN4O2/c1-16-10-23(30-15-20-8-7-9-22(12-20)29-6)11-17(2)27(16)13-21(24)14-28-19(4)26(5)18(3)25-28/h7-9,12,17,21,23H,1,4,10-11,13-15H2,2-3,5-6H3/t17?,21-,23?/m1/s1. The van der Waals surface area contributed by atoms with Crippen molar-refractivity contribution in [2.75, 3.05) is 27.2 Å². The molecule has 7 heteroatoms. The molecule has 0 spiro atoms. The fourth-order valence-corrected chi connectivity index (χ4v) is 3.96. The molecule has 2 aliphatic rings. The van der Waals surface area contributed by atoms with Crippen molar-refractivity contribution in [3.8, 4) is 5.75 Å². The second-order valence-corrected chi connectivity index (χ2v) is 8.09. The highest BCUT2D eigenvalue weighted by Gasteiger charge is 2.31. The van der Waals surface area contributed by atoms with Gasteiger partial charge in [-0.2, -0.15) is 5.10 Å². The van der Waals surface area contributed by atoms with Gasteiger partial charge in [-0.05, 0) is 38.0 Å². The third kappa shape index (κ3) is 5.14.